The van der Waals surface area contributed by atoms with Crippen LogP contribution < -0.4 is 11.1 Å². The van der Waals surface area contributed by atoms with Gasteiger partial charge in [-0.3, -0.25) is 0 Å². The number of urea groups is 1. The first-order valence-electron chi connectivity index (χ1n) is 5.63. The summed E-state index contributed by atoms with van der Waals surface area (Å²) < 4.78 is 1.04. The van der Waals surface area contributed by atoms with E-state index in [2.05, 4.69) is 21.2 Å². The molecule has 2 unspecified atom stereocenters. The fourth-order valence-electron chi connectivity index (χ4n) is 1.98. The third-order valence-electron chi connectivity index (χ3n) is 2.77. The van der Waals surface area contributed by atoms with Gasteiger partial charge in [-0.15, -0.1) is 0 Å². The van der Waals surface area contributed by atoms with Crippen LogP contribution in [0.15, 0.2) is 28.7 Å². The molecule has 17 heavy (non-hydrogen) atoms. The number of benzene rings is 1. The largest absolute Gasteiger partial charge is 0.329 e. The van der Waals surface area contributed by atoms with Crippen molar-refractivity contribution in [1.82, 2.24) is 10.2 Å². The van der Waals surface area contributed by atoms with Crippen LogP contribution >= 0.6 is 15.9 Å². The van der Waals surface area contributed by atoms with Gasteiger partial charge >= 0.3 is 6.03 Å². The van der Waals surface area contributed by atoms with Crippen molar-refractivity contribution in [2.45, 2.75) is 19.0 Å². The Morgan fingerprint density at radius 1 is 1.53 bits per heavy atom. The van der Waals surface area contributed by atoms with E-state index in [-0.39, 0.29) is 18.1 Å². The summed E-state index contributed by atoms with van der Waals surface area (Å²) in [7, 11) is 0. The number of carbonyl (C=O) groups excluding carboxylic acids is 1. The summed E-state index contributed by atoms with van der Waals surface area (Å²) in [6.45, 7) is 3.18. The van der Waals surface area contributed by atoms with E-state index in [4.69, 9.17) is 5.73 Å². The first-order chi connectivity index (χ1) is 8.06. The van der Waals surface area contributed by atoms with Crippen LogP contribution in [0.1, 0.15) is 18.5 Å². The lowest BCUT2D eigenvalue weighted by Crippen LogP contribution is -2.37. The highest BCUT2D eigenvalue weighted by molar-refractivity contribution is 9.10. The van der Waals surface area contributed by atoms with Crippen molar-refractivity contribution in [1.29, 1.82) is 0 Å². The maximum absolute atomic E-state index is 11.7. The zero-order valence-electron chi connectivity index (χ0n) is 9.69. The minimum Gasteiger partial charge on any atom is -0.329 e. The van der Waals surface area contributed by atoms with Gasteiger partial charge in [0.15, 0.2) is 0 Å². The first-order valence-corrected chi connectivity index (χ1v) is 6.42. The fraction of sp³-hybridized carbons (Fsp3) is 0.417. The molecule has 1 heterocycles. The lowest BCUT2D eigenvalue weighted by molar-refractivity contribution is 0.215. The Kier molecular flexibility index (Phi) is 3.69. The zero-order chi connectivity index (χ0) is 12.4. The van der Waals surface area contributed by atoms with E-state index < -0.39 is 0 Å². The minimum absolute atomic E-state index is 0.00409. The Hall–Kier alpha value is -1.07. The molecule has 1 aromatic carbocycles. The van der Waals surface area contributed by atoms with E-state index in [1.165, 1.54) is 0 Å². The number of nitrogens with one attached hydrogen (secondary N) is 1. The number of hydrogen-bond donors (Lipinski definition) is 2. The zero-order valence-corrected chi connectivity index (χ0v) is 11.3. The lowest BCUT2D eigenvalue weighted by Gasteiger charge is -2.16. The second kappa shape index (κ2) is 5.06. The molecular formula is C12H16BrN3O. The smallest absolute Gasteiger partial charge is 0.318 e. The molecule has 1 aromatic rings. The number of nitrogens with two attached hydrogens (primary N) is 1. The van der Waals surface area contributed by atoms with Crippen molar-refractivity contribution < 1.29 is 4.79 Å². The predicted octanol–water partition coefficient (Wildman–Crippen LogP) is 1.86. The third-order valence-corrected chi connectivity index (χ3v) is 3.30. The Morgan fingerprint density at radius 2 is 2.18 bits per heavy atom. The lowest BCUT2D eigenvalue weighted by atomic mass is 10.1. The van der Waals surface area contributed by atoms with Gasteiger partial charge in [0.25, 0.3) is 0 Å². The molecule has 2 amide bonds. The molecule has 1 saturated heterocycles. The van der Waals surface area contributed by atoms with Crippen LogP contribution in [0.4, 0.5) is 4.79 Å². The van der Waals surface area contributed by atoms with E-state index >= 15 is 0 Å². The molecule has 1 fully saturated rings. The Labute approximate surface area is 109 Å². The van der Waals surface area contributed by atoms with Gasteiger partial charge in [0, 0.05) is 23.6 Å². The molecule has 4 nitrogen and oxygen atoms in total. The van der Waals surface area contributed by atoms with Crippen molar-refractivity contribution in [2.24, 2.45) is 5.73 Å². The molecule has 1 aliphatic heterocycles. The maximum atomic E-state index is 11.7. The minimum atomic E-state index is -0.0322. The standard InChI is InChI=1S/C12H16BrN3O/c1-8(14)6-16-7-11(15-12(16)17)9-2-4-10(13)5-3-9/h2-5,8,11H,6-7,14H2,1H3,(H,15,17). The Morgan fingerprint density at radius 3 is 2.76 bits per heavy atom. The second-order valence-corrected chi connectivity index (χ2v) is 5.35. The van der Waals surface area contributed by atoms with Gasteiger partial charge in [-0.2, -0.15) is 0 Å². The predicted molar refractivity (Wildman–Crippen MR) is 70.6 cm³/mol. The fourth-order valence-corrected chi connectivity index (χ4v) is 2.24. The van der Waals surface area contributed by atoms with Gasteiger partial charge in [0.1, 0.15) is 0 Å². The Bertz CT molecular complexity index is 405. The van der Waals surface area contributed by atoms with Crippen molar-refractivity contribution in [3.05, 3.63) is 34.3 Å². The molecule has 92 valence electrons. The van der Waals surface area contributed by atoms with Crippen LogP contribution in [0.3, 0.4) is 0 Å². The topological polar surface area (TPSA) is 58.4 Å². The molecule has 0 bridgehead atoms. The number of carbonyl (C=O) groups is 1. The van der Waals surface area contributed by atoms with Crippen LogP contribution in [0, 0.1) is 0 Å². The molecule has 2 atom stereocenters. The van der Waals surface area contributed by atoms with E-state index in [9.17, 15) is 4.79 Å². The molecule has 1 aliphatic rings. The number of halogens is 1. The van der Waals surface area contributed by atoms with Crippen molar-refractivity contribution in [3.8, 4) is 0 Å². The summed E-state index contributed by atoms with van der Waals surface area (Å²) in [6, 6.07) is 8.04. The van der Waals surface area contributed by atoms with Crippen LogP contribution in [0.25, 0.3) is 0 Å². The average molecular weight is 298 g/mol. The van der Waals surface area contributed by atoms with Gasteiger partial charge in [-0.25, -0.2) is 4.79 Å². The molecule has 0 radical (unpaired) electrons. The summed E-state index contributed by atoms with van der Waals surface area (Å²) >= 11 is 3.40. The normalized spacial score (nSPS) is 21.5. The molecule has 0 aliphatic carbocycles. The number of rotatable bonds is 3. The second-order valence-electron chi connectivity index (χ2n) is 4.44. The quantitative estimate of drug-likeness (QED) is 0.895. The summed E-state index contributed by atoms with van der Waals surface area (Å²) in [5, 5.41) is 2.96. The molecule has 2 rings (SSSR count). The SMILES string of the molecule is CC(N)CN1CC(c2ccc(Br)cc2)NC1=O. The summed E-state index contributed by atoms with van der Waals surface area (Å²) in [5.41, 5.74) is 6.83. The van der Waals surface area contributed by atoms with Crippen molar-refractivity contribution in [3.63, 3.8) is 0 Å². The van der Waals surface area contributed by atoms with E-state index in [0.29, 0.717) is 13.1 Å². The van der Waals surface area contributed by atoms with Gasteiger partial charge in [0.05, 0.1) is 6.04 Å². The third kappa shape index (κ3) is 2.98. The van der Waals surface area contributed by atoms with E-state index in [0.717, 1.165) is 10.0 Å². The molecule has 0 saturated carbocycles. The number of amides is 2. The van der Waals surface area contributed by atoms with Gasteiger partial charge in [0.2, 0.25) is 0 Å². The maximum Gasteiger partial charge on any atom is 0.318 e. The van der Waals surface area contributed by atoms with Gasteiger partial charge < -0.3 is 16.0 Å². The highest BCUT2D eigenvalue weighted by Gasteiger charge is 2.29. The monoisotopic (exact) mass is 297 g/mol. The van der Waals surface area contributed by atoms with Crippen LogP contribution in [0.5, 0.6) is 0 Å². The molecule has 0 spiro atoms. The summed E-state index contributed by atoms with van der Waals surface area (Å²) in [5.74, 6) is 0. The first kappa shape index (κ1) is 12.4. The molecule has 3 N–H and O–H groups in total. The summed E-state index contributed by atoms with van der Waals surface area (Å²) in [4.78, 5) is 13.5. The van der Waals surface area contributed by atoms with Gasteiger partial charge in [-0.05, 0) is 24.6 Å². The van der Waals surface area contributed by atoms with E-state index in [1.54, 1.807) is 4.90 Å². The average Bonchev–Trinajstić information content (AvgIpc) is 2.60. The van der Waals surface area contributed by atoms with Crippen molar-refractivity contribution in [2.75, 3.05) is 13.1 Å². The van der Waals surface area contributed by atoms with Crippen LogP contribution in [0.2, 0.25) is 0 Å². The van der Waals surface area contributed by atoms with Gasteiger partial charge in [-0.1, -0.05) is 28.1 Å². The highest BCUT2D eigenvalue weighted by atomic mass is 79.9. The van der Waals surface area contributed by atoms with Crippen LogP contribution in [-0.2, 0) is 0 Å². The summed E-state index contributed by atoms with van der Waals surface area (Å²) in [6.07, 6.45) is 0. The van der Waals surface area contributed by atoms with E-state index in [1.807, 2.05) is 31.2 Å². The molecule has 5 heteroatoms. The number of nitrogens with zero attached hydrogens (tertiary/aromatic N) is 1. The highest BCUT2D eigenvalue weighted by Crippen LogP contribution is 2.22. The van der Waals surface area contributed by atoms with Crippen molar-refractivity contribution >= 4 is 22.0 Å². The Balaban J connectivity index is 2.05. The number of hydrogen-bond acceptors (Lipinski definition) is 2. The molecular weight excluding hydrogens is 282 g/mol. The molecule has 0 aromatic heterocycles. The van der Waals surface area contributed by atoms with Crippen LogP contribution in [-0.4, -0.2) is 30.1 Å².